The van der Waals surface area contributed by atoms with Crippen molar-refractivity contribution in [1.82, 2.24) is 0 Å². The lowest BCUT2D eigenvalue weighted by Gasteiger charge is -2.60. The second kappa shape index (κ2) is 19.2. The summed E-state index contributed by atoms with van der Waals surface area (Å²) in [5.41, 5.74) is 2.97. The van der Waals surface area contributed by atoms with Gasteiger partial charge in [-0.25, -0.2) is 0 Å². The molecule has 18 heteroatoms. The van der Waals surface area contributed by atoms with Crippen LogP contribution in [0.25, 0.3) is 0 Å². The highest BCUT2D eigenvalue weighted by Gasteiger charge is 2.65. The van der Waals surface area contributed by atoms with Gasteiger partial charge in [-0.05, 0) is 100 Å². The molecule has 0 amide bonds. The van der Waals surface area contributed by atoms with Gasteiger partial charge in [-0.15, -0.1) is 0 Å². The van der Waals surface area contributed by atoms with Crippen LogP contribution in [0.2, 0.25) is 0 Å². The number of aliphatic hydroxyl groups excluding tert-OH is 11. The summed E-state index contributed by atoms with van der Waals surface area (Å²) >= 11 is 0. The van der Waals surface area contributed by atoms with Crippen molar-refractivity contribution >= 4 is 0 Å². The summed E-state index contributed by atoms with van der Waals surface area (Å²) in [6.07, 6.45) is -12.1. The molecule has 7 fully saturated rings. The van der Waals surface area contributed by atoms with E-state index in [1.54, 1.807) is 0 Å². The Hall–Kier alpha value is -0.980. The number of hydrogen-bond donors (Lipinski definition) is 11. The van der Waals surface area contributed by atoms with Gasteiger partial charge in [-0.1, -0.05) is 31.9 Å². The molecule has 362 valence electrons. The first-order valence-corrected chi connectivity index (χ1v) is 23.5. The monoisotopic (exact) mass is 902 g/mol. The van der Waals surface area contributed by atoms with Crippen LogP contribution in [0.1, 0.15) is 91.9 Å². The number of rotatable bonds is 13. The van der Waals surface area contributed by atoms with Crippen LogP contribution < -0.4 is 0 Å². The molecule has 3 saturated carbocycles. The molecular formula is C45H74O18. The van der Waals surface area contributed by atoms with Crippen molar-refractivity contribution in [3.05, 3.63) is 11.1 Å². The Morgan fingerprint density at radius 3 is 1.89 bits per heavy atom. The van der Waals surface area contributed by atoms with Crippen LogP contribution in [0.3, 0.4) is 0 Å². The first-order chi connectivity index (χ1) is 29.9. The average Bonchev–Trinajstić information content (AvgIpc) is 3.76. The van der Waals surface area contributed by atoms with E-state index in [-0.39, 0.29) is 35.1 Å². The highest BCUT2D eigenvalue weighted by molar-refractivity contribution is 5.31. The summed E-state index contributed by atoms with van der Waals surface area (Å²) in [6.45, 7) is 7.77. The van der Waals surface area contributed by atoms with Crippen molar-refractivity contribution in [3.63, 3.8) is 0 Å². The van der Waals surface area contributed by atoms with Crippen molar-refractivity contribution in [2.75, 3.05) is 26.4 Å². The van der Waals surface area contributed by atoms with E-state index in [1.807, 2.05) is 0 Å². The van der Waals surface area contributed by atoms with Gasteiger partial charge < -0.3 is 89.3 Å². The Morgan fingerprint density at radius 1 is 0.651 bits per heavy atom. The molecule has 4 aliphatic carbocycles. The summed E-state index contributed by atoms with van der Waals surface area (Å²) < 4.78 is 42.5. The largest absolute Gasteiger partial charge is 0.394 e. The van der Waals surface area contributed by atoms with Crippen molar-refractivity contribution in [1.29, 1.82) is 0 Å². The van der Waals surface area contributed by atoms with Crippen molar-refractivity contribution in [2.24, 2.45) is 40.4 Å². The summed E-state index contributed by atoms with van der Waals surface area (Å²) in [5.74, 6) is 1.75. The number of fused-ring (bicyclic) bond motifs is 7. The van der Waals surface area contributed by atoms with Gasteiger partial charge in [-0.3, -0.25) is 0 Å². The molecule has 8 aliphatic rings. The lowest BCUT2D eigenvalue weighted by Crippen LogP contribution is -2.65. The minimum atomic E-state index is -1.74. The summed E-state index contributed by atoms with van der Waals surface area (Å²) in [5, 5.41) is 113. The predicted molar refractivity (Wildman–Crippen MR) is 218 cm³/mol. The van der Waals surface area contributed by atoms with Crippen LogP contribution >= 0.6 is 0 Å². The molecule has 18 nitrogen and oxygen atoms in total. The molecule has 0 radical (unpaired) electrons. The van der Waals surface area contributed by atoms with Crippen LogP contribution in [-0.2, 0) is 33.2 Å². The molecule has 6 unspecified atom stereocenters. The number of hydrogen-bond acceptors (Lipinski definition) is 18. The molecule has 63 heavy (non-hydrogen) atoms. The van der Waals surface area contributed by atoms with E-state index >= 15 is 0 Å². The van der Waals surface area contributed by atoms with Crippen LogP contribution in [0, 0.1) is 40.4 Å². The third-order valence-electron chi connectivity index (χ3n) is 17.2. The highest BCUT2D eigenvalue weighted by Crippen LogP contribution is 2.67. The normalized spacial score (nSPS) is 52.8. The fourth-order valence-electron chi connectivity index (χ4n) is 13.5. The SMILES string of the molecule is CC1=C(CCC(C)CO[C@@H]2O[C@H](CO)[C@@H](O)[C@H](O)[C@H]2O)CC2OC3C4CC[C@@H]5C[C@@H](O[C@@H]6O[C@H](CO)[C@H](O)[C@H](O)[C@H]6O[C@@H]6O[C@H](CO)[C@@H](O)[C@H](O)[C@H]6O)CC[C@]5(C)C4CC[C@]3(C)C12. The molecule has 0 aromatic carbocycles. The zero-order chi connectivity index (χ0) is 45.3. The number of ether oxygens (including phenoxy) is 7. The van der Waals surface area contributed by atoms with Crippen LogP contribution in [0.15, 0.2) is 11.1 Å². The minimum Gasteiger partial charge on any atom is -0.394 e. The highest BCUT2D eigenvalue weighted by atomic mass is 16.8. The molecule has 25 atom stereocenters. The van der Waals surface area contributed by atoms with Crippen LogP contribution in [-0.4, -0.2) is 193 Å². The fourth-order valence-corrected chi connectivity index (χ4v) is 13.5. The van der Waals surface area contributed by atoms with Crippen LogP contribution in [0.4, 0.5) is 0 Å². The molecule has 4 heterocycles. The third kappa shape index (κ3) is 8.73. The van der Waals surface area contributed by atoms with Crippen molar-refractivity contribution in [2.45, 2.75) is 202 Å². The second-order valence-electron chi connectivity index (χ2n) is 20.9. The Labute approximate surface area is 369 Å². The first-order valence-electron chi connectivity index (χ1n) is 23.5. The van der Waals surface area contributed by atoms with E-state index in [2.05, 4.69) is 27.7 Å². The lowest BCUT2D eigenvalue weighted by atomic mass is 9.45. The second-order valence-corrected chi connectivity index (χ2v) is 20.9. The van der Waals surface area contributed by atoms with E-state index in [0.29, 0.717) is 36.7 Å². The molecule has 0 spiro atoms. The molecule has 4 saturated heterocycles. The lowest BCUT2D eigenvalue weighted by molar-refractivity contribution is -0.373. The van der Waals surface area contributed by atoms with Gasteiger partial charge in [-0.2, -0.15) is 0 Å². The van der Waals surface area contributed by atoms with E-state index in [9.17, 15) is 56.2 Å². The molecule has 0 aromatic rings. The molecule has 8 rings (SSSR count). The van der Waals surface area contributed by atoms with Gasteiger partial charge in [0.05, 0.1) is 44.7 Å². The maximum Gasteiger partial charge on any atom is 0.187 e. The predicted octanol–water partition coefficient (Wildman–Crippen LogP) is -1.03. The zero-order valence-electron chi connectivity index (χ0n) is 37.0. The van der Waals surface area contributed by atoms with E-state index < -0.39 is 112 Å². The van der Waals surface area contributed by atoms with Crippen molar-refractivity contribution in [3.8, 4) is 0 Å². The molecule has 0 bridgehead atoms. The fraction of sp³-hybridized carbons (Fsp3) is 0.956. The quantitative estimate of drug-likeness (QED) is 0.0778. The van der Waals surface area contributed by atoms with Gasteiger partial charge in [0.25, 0.3) is 0 Å². The van der Waals surface area contributed by atoms with Crippen molar-refractivity contribution < 1.29 is 89.3 Å². The molecule has 4 aliphatic heterocycles. The Morgan fingerprint density at radius 2 is 1.24 bits per heavy atom. The van der Waals surface area contributed by atoms with Crippen LogP contribution in [0.5, 0.6) is 0 Å². The maximum atomic E-state index is 11.2. The van der Waals surface area contributed by atoms with Gasteiger partial charge in [0, 0.05) is 11.3 Å². The third-order valence-corrected chi connectivity index (χ3v) is 17.2. The molecular weight excluding hydrogens is 828 g/mol. The molecule has 11 N–H and O–H groups in total. The minimum absolute atomic E-state index is 0.0297. The van der Waals surface area contributed by atoms with E-state index in [4.69, 9.17) is 33.2 Å². The summed E-state index contributed by atoms with van der Waals surface area (Å²) in [7, 11) is 0. The van der Waals surface area contributed by atoms with Gasteiger partial charge in [0.15, 0.2) is 18.9 Å². The maximum absolute atomic E-state index is 11.2. The Balaban J connectivity index is 0.872. The number of aliphatic hydroxyl groups is 11. The Kier molecular flexibility index (Phi) is 14.8. The standard InChI is InChI=1S/C45H74O18/c1-19(18-57-41-37(55)34(52)31(49)27(15-46)60-41)5-6-21-13-26-30(20(21)2)45(4)12-10-25-24(40(45)59-26)8-7-22-14-23(9-11-44(22,25)3)58-43-39(36(54)33(51)29(17-48)62-43)63-42-38(56)35(53)32(50)28(16-47)61-42/h19,22-43,46-56H,5-18H2,1-4H3/t19?,22-,23+,24?,25?,26?,27-,28-,29-,30?,31-,32-,33+,34+,35+,36+,37-,38-,39-,40?,41-,42+,43-,44+,45-/m1/s1. The smallest absolute Gasteiger partial charge is 0.187 e. The first kappa shape index (κ1) is 48.5. The summed E-state index contributed by atoms with van der Waals surface area (Å²) in [6, 6.07) is 0. The average molecular weight is 903 g/mol. The van der Waals surface area contributed by atoms with E-state index in [1.165, 1.54) is 11.1 Å². The van der Waals surface area contributed by atoms with E-state index in [0.717, 1.165) is 57.8 Å². The molecule has 0 aromatic heterocycles. The Bertz CT molecular complexity index is 1580. The zero-order valence-corrected chi connectivity index (χ0v) is 37.0. The van der Waals surface area contributed by atoms with Gasteiger partial charge in [0.1, 0.15) is 73.2 Å². The summed E-state index contributed by atoms with van der Waals surface area (Å²) in [4.78, 5) is 0. The van der Waals surface area contributed by atoms with Gasteiger partial charge in [0.2, 0.25) is 0 Å². The van der Waals surface area contributed by atoms with Gasteiger partial charge >= 0.3 is 0 Å². The topological polar surface area (TPSA) is 287 Å².